The zero-order chi connectivity index (χ0) is 38.2. The number of rotatable bonds is 11. The third-order valence-electron chi connectivity index (χ3n) is 9.93. The van der Waals surface area contributed by atoms with E-state index in [1.165, 1.54) is 12.3 Å². The second-order valence-electron chi connectivity index (χ2n) is 15.9. The first-order chi connectivity index (χ1) is 25.1. The number of nitrogens with one attached hydrogen (secondary N) is 2. The maximum absolute atomic E-state index is 13.3. The molecule has 2 N–H and O–H groups in total. The molecule has 12 nitrogen and oxygen atoms in total. The predicted octanol–water partition coefficient (Wildman–Crippen LogP) is 7.66. The quantitative estimate of drug-likeness (QED) is 0.117. The van der Waals surface area contributed by atoms with E-state index in [0.717, 1.165) is 48.1 Å². The van der Waals surface area contributed by atoms with Crippen molar-refractivity contribution in [3.8, 4) is 17.0 Å². The maximum atomic E-state index is 13.3. The topological polar surface area (TPSA) is 137 Å². The Morgan fingerprint density at radius 1 is 1.09 bits per heavy atom. The number of hydrogen-bond donors (Lipinski definition) is 2. The number of aryl methyl sites for hydroxylation is 1. The number of esters is 2. The zero-order valence-corrected chi connectivity index (χ0v) is 31.9. The minimum absolute atomic E-state index is 0.124. The highest BCUT2D eigenvalue weighted by atomic mass is 16.6. The Bertz CT molecular complexity index is 2050. The molecule has 3 heterocycles. The van der Waals surface area contributed by atoms with Gasteiger partial charge in [0.15, 0.2) is 0 Å². The van der Waals surface area contributed by atoms with Crippen molar-refractivity contribution in [3.63, 3.8) is 0 Å². The van der Waals surface area contributed by atoms with E-state index < -0.39 is 11.6 Å². The van der Waals surface area contributed by atoms with E-state index in [2.05, 4.69) is 34.0 Å². The average molecular weight is 723 g/mol. The average Bonchev–Trinajstić information content (AvgIpc) is 3.72. The molecular weight excluding hydrogens is 672 g/mol. The van der Waals surface area contributed by atoms with Crippen LogP contribution < -0.4 is 20.3 Å². The molecule has 4 aromatic rings. The second kappa shape index (κ2) is 14.6. The van der Waals surface area contributed by atoms with E-state index in [1.807, 2.05) is 68.9 Å². The highest BCUT2D eigenvalue weighted by Crippen LogP contribution is 2.52. The summed E-state index contributed by atoms with van der Waals surface area (Å²) >= 11 is 0. The van der Waals surface area contributed by atoms with E-state index in [1.54, 1.807) is 27.0 Å². The van der Waals surface area contributed by atoms with Gasteiger partial charge in [0.25, 0.3) is 0 Å². The second-order valence-corrected chi connectivity index (χ2v) is 15.9. The normalized spacial score (nSPS) is 19.6. The minimum atomic E-state index is -0.522. The number of ether oxygens (including phenoxy) is 3. The van der Waals surface area contributed by atoms with Gasteiger partial charge in [0.2, 0.25) is 11.9 Å². The molecule has 0 bridgehead atoms. The molecule has 1 aliphatic heterocycles. The summed E-state index contributed by atoms with van der Waals surface area (Å²) in [5, 5.41) is 7.20. The standard InChI is InChI=1S/C41H50N6O6/c1-10-35(48)43-30-15-31(34(51-9)16-33(30)47-21-25-17-41(7,18-26(25)22-47)19-36(49)53-40(4,5)6)44-39-42-20-28(38(50)52-24(2)3)37(45-39)29-23-46(8)32-14-12-11-13-27(29)32/h10-16,20,23-26H,1,17-19,21-22H2,2-9H3,(H,43,48)(H,42,44,45). The summed E-state index contributed by atoms with van der Waals surface area (Å²) in [6.07, 6.45) is 6.53. The van der Waals surface area contributed by atoms with Crippen LogP contribution in [0.4, 0.5) is 23.0 Å². The van der Waals surface area contributed by atoms with Crippen LogP contribution in [0, 0.1) is 17.3 Å². The van der Waals surface area contributed by atoms with Crippen LogP contribution in [0.3, 0.4) is 0 Å². The van der Waals surface area contributed by atoms with Crippen molar-refractivity contribution >= 4 is 51.8 Å². The first-order valence-electron chi connectivity index (χ1n) is 18.1. The number of anilines is 4. The molecule has 1 amide bonds. The number of carbonyl (C=O) groups is 3. The summed E-state index contributed by atoms with van der Waals surface area (Å²) in [6.45, 7) is 16.7. The fourth-order valence-electron chi connectivity index (χ4n) is 7.92. The summed E-state index contributed by atoms with van der Waals surface area (Å²) in [5.41, 5.74) is 3.66. The molecule has 2 aromatic carbocycles. The number of amides is 1. The molecule has 2 fully saturated rings. The third-order valence-corrected chi connectivity index (χ3v) is 9.93. The Labute approximate surface area is 310 Å². The number of para-hydroxylation sites is 1. The van der Waals surface area contributed by atoms with Crippen LogP contribution in [-0.2, 0) is 26.1 Å². The number of fused-ring (bicyclic) bond motifs is 2. The Morgan fingerprint density at radius 2 is 1.79 bits per heavy atom. The van der Waals surface area contributed by atoms with Crippen LogP contribution in [0.25, 0.3) is 22.2 Å². The lowest BCUT2D eigenvalue weighted by Gasteiger charge is -2.29. The van der Waals surface area contributed by atoms with Gasteiger partial charge in [-0.3, -0.25) is 9.59 Å². The van der Waals surface area contributed by atoms with E-state index >= 15 is 0 Å². The molecule has 2 aromatic heterocycles. The molecule has 0 spiro atoms. The molecule has 0 radical (unpaired) electrons. The molecule has 1 saturated carbocycles. The minimum Gasteiger partial charge on any atom is -0.494 e. The van der Waals surface area contributed by atoms with Crippen molar-refractivity contribution in [3.05, 3.63) is 67.0 Å². The van der Waals surface area contributed by atoms with Crippen LogP contribution in [0.2, 0.25) is 0 Å². The first-order valence-corrected chi connectivity index (χ1v) is 18.1. The van der Waals surface area contributed by atoms with E-state index in [9.17, 15) is 14.4 Å². The molecule has 53 heavy (non-hydrogen) atoms. The van der Waals surface area contributed by atoms with Crippen molar-refractivity contribution < 1.29 is 28.6 Å². The largest absolute Gasteiger partial charge is 0.494 e. The Hall–Kier alpha value is -5.39. The van der Waals surface area contributed by atoms with Crippen LogP contribution in [0.15, 0.2) is 61.4 Å². The highest BCUT2D eigenvalue weighted by molar-refractivity contribution is 6.04. The van der Waals surface area contributed by atoms with Crippen LogP contribution in [0.1, 0.15) is 71.2 Å². The van der Waals surface area contributed by atoms with Gasteiger partial charge >= 0.3 is 11.9 Å². The number of methoxy groups -OCH3 is 1. The van der Waals surface area contributed by atoms with Crippen molar-refractivity contribution in [1.29, 1.82) is 0 Å². The number of benzene rings is 2. The van der Waals surface area contributed by atoms with Crippen molar-refractivity contribution in [2.45, 2.75) is 72.5 Å². The SMILES string of the molecule is C=CC(=O)Nc1cc(Nc2ncc(C(=O)OC(C)C)c(-c3cn(C)c4ccccc34)n2)c(OC)cc1N1CC2CC(C)(CC(=O)OC(C)(C)C)CC2C1. The van der Waals surface area contributed by atoms with Crippen LogP contribution in [0.5, 0.6) is 5.75 Å². The highest BCUT2D eigenvalue weighted by Gasteiger charge is 2.48. The van der Waals surface area contributed by atoms with E-state index in [0.29, 0.717) is 41.1 Å². The number of carbonyl (C=O) groups excluding carboxylic acids is 3. The number of hydrogen-bond acceptors (Lipinski definition) is 10. The molecule has 6 rings (SSSR count). The van der Waals surface area contributed by atoms with Crippen LogP contribution >= 0.6 is 0 Å². The molecule has 2 unspecified atom stereocenters. The van der Waals surface area contributed by atoms with Gasteiger partial charge in [-0.05, 0) is 82.9 Å². The third kappa shape index (κ3) is 8.16. The molecule has 2 atom stereocenters. The predicted molar refractivity (Wildman–Crippen MR) is 207 cm³/mol. The van der Waals surface area contributed by atoms with Gasteiger partial charge in [0.1, 0.15) is 16.9 Å². The lowest BCUT2D eigenvalue weighted by Crippen LogP contribution is -2.29. The van der Waals surface area contributed by atoms with Gasteiger partial charge in [-0.2, -0.15) is 0 Å². The number of nitrogens with zero attached hydrogens (tertiary/aromatic N) is 4. The smallest absolute Gasteiger partial charge is 0.342 e. The zero-order valence-electron chi connectivity index (χ0n) is 31.9. The molecule has 2 aliphatic rings. The fourth-order valence-corrected chi connectivity index (χ4v) is 7.92. The van der Waals surface area contributed by atoms with Gasteiger partial charge in [-0.15, -0.1) is 0 Å². The molecule has 280 valence electrons. The van der Waals surface area contributed by atoms with Crippen molar-refractivity contribution in [2.24, 2.45) is 24.3 Å². The Kier molecular flexibility index (Phi) is 10.3. The number of aromatic nitrogens is 3. The Morgan fingerprint density at radius 3 is 2.43 bits per heavy atom. The van der Waals surface area contributed by atoms with E-state index in [4.69, 9.17) is 19.2 Å². The maximum Gasteiger partial charge on any atom is 0.342 e. The van der Waals surface area contributed by atoms with Gasteiger partial charge in [-0.1, -0.05) is 31.7 Å². The van der Waals surface area contributed by atoms with Gasteiger partial charge in [0, 0.05) is 55.1 Å². The molecule has 1 aliphatic carbocycles. The lowest BCUT2D eigenvalue weighted by molar-refractivity contribution is -0.157. The monoisotopic (exact) mass is 722 g/mol. The van der Waals surface area contributed by atoms with Gasteiger partial charge in [-0.25, -0.2) is 14.8 Å². The summed E-state index contributed by atoms with van der Waals surface area (Å²) in [4.78, 5) is 50.4. The molecule has 1 saturated heterocycles. The van der Waals surface area contributed by atoms with Gasteiger partial charge in [0.05, 0.1) is 42.4 Å². The summed E-state index contributed by atoms with van der Waals surface area (Å²) in [7, 11) is 3.53. The van der Waals surface area contributed by atoms with Gasteiger partial charge < -0.3 is 34.3 Å². The van der Waals surface area contributed by atoms with Crippen molar-refractivity contribution in [1.82, 2.24) is 14.5 Å². The summed E-state index contributed by atoms with van der Waals surface area (Å²) in [6, 6.07) is 11.6. The van der Waals surface area contributed by atoms with E-state index in [-0.39, 0.29) is 34.9 Å². The lowest BCUT2D eigenvalue weighted by atomic mass is 9.83. The summed E-state index contributed by atoms with van der Waals surface area (Å²) < 4.78 is 19.1. The van der Waals surface area contributed by atoms with Crippen molar-refractivity contribution in [2.75, 3.05) is 35.7 Å². The first kappa shape index (κ1) is 37.4. The Balaban J connectivity index is 1.31. The molecule has 12 heteroatoms. The summed E-state index contributed by atoms with van der Waals surface area (Å²) in [5.74, 6) is 0.480. The van der Waals surface area contributed by atoms with Crippen LogP contribution in [-0.4, -0.2) is 64.3 Å². The fraction of sp³-hybridized carbons (Fsp3) is 0.439. The molecular formula is C41H50N6O6.